The number of nitrogens with one attached hydrogen (secondary N) is 1. The van der Waals surface area contributed by atoms with Crippen LogP contribution in [0.25, 0.3) is 5.82 Å². The lowest BCUT2D eigenvalue weighted by Gasteiger charge is -1.97. The van der Waals surface area contributed by atoms with Gasteiger partial charge in [-0.1, -0.05) is 6.07 Å². The molecule has 0 unspecified atom stereocenters. The first-order chi connectivity index (χ1) is 7.18. The number of nitrogens with two attached hydrogens (primary N) is 1. The first-order valence-electron chi connectivity index (χ1n) is 4.50. The summed E-state index contributed by atoms with van der Waals surface area (Å²) in [5, 5.41) is 11.6. The van der Waals surface area contributed by atoms with Crippen molar-refractivity contribution in [1.82, 2.24) is 14.8 Å². The zero-order valence-electron chi connectivity index (χ0n) is 8.31. The molecule has 0 radical (unpaired) electrons. The van der Waals surface area contributed by atoms with E-state index in [1.165, 1.54) is 0 Å². The van der Waals surface area contributed by atoms with Crippen LogP contribution in [-0.4, -0.2) is 20.6 Å². The van der Waals surface area contributed by atoms with Crippen LogP contribution in [0.2, 0.25) is 0 Å². The van der Waals surface area contributed by atoms with Gasteiger partial charge in [0.2, 0.25) is 0 Å². The summed E-state index contributed by atoms with van der Waals surface area (Å²) >= 11 is 0. The Morgan fingerprint density at radius 1 is 1.47 bits per heavy atom. The second-order valence-corrected chi connectivity index (χ2v) is 3.17. The lowest BCUT2D eigenvalue weighted by Crippen LogP contribution is -2.11. The largest absolute Gasteiger partial charge is 0.384 e. The summed E-state index contributed by atoms with van der Waals surface area (Å²) in [7, 11) is 0. The van der Waals surface area contributed by atoms with Crippen LogP contribution in [0.15, 0.2) is 30.6 Å². The molecule has 2 heterocycles. The van der Waals surface area contributed by atoms with Crippen LogP contribution < -0.4 is 5.73 Å². The van der Waals surface area contributed by atoms with Crippen LogP contribution in [0.3, 0.4) is 0 Å². The zero-order chi connectivity index (χ0) is 10.8. The van der Waals surface area contributed by atoms with Gasteiger partial charge in [0.25, 0.3) is 0 Å². The van der Waals surface area contributed by atoms with Crippen molar-refractivity contribution in [3.05, 3.63) is 41.9 Å². The molecule has 5 heteroatoms. The van der Waals surface area contributed by atoms with Crippen molar-refractivity contribution in [2.75, 3.05) is 0 Å². The summed E-state index contributed by atoms with van der Waals surface area (Å²) in [5.74, 6) is 0.739. The number of amidine groups is 1. The third-order valence-electron chi connectivity index (χ3n) is 2.07. The first kappa shape index (κ1) is 9.39. The maximum atomic E-state index is 7.36. The summed E-state index contributed by atoms with van der Waals surface area (Å²) in [6, 6.07) is 5.56. The summed E-state index contributed by atoms with van der Waals surface area (Å²) in [6.45, 7) is 1.82. The van der Waals surface area contributed by atoms with E-state index in [9.17, 15) is 0 Å². The average Bonchev–Trinajstić information content (AvgIpc) is 2.62. The van der Waals surface area contributed by atoms with E-state index in [-0.39, 0.29) is 5.84 Å². The predicted octanol–water partition coefficient (Wildman–Crippen LogP) is 0.860. The molecule has 2 rings (SSSR count). The Hall–Kier alpha value is -2.17. The van der Waals surface area contributed by atoms with E-state index in [2.05, 4.69) is 10.1 Å². The SMILES string of the molecule is Cc1nn(-c2ccccn2)cc1C(=N)N. The van der Waals surface area contributed by atoms with Gasteiger partial charge >= 0.3 is 0 Å². The maximum absolute atomic E-state index is 7.36. The number of hydrogen-bond acceptors (Lipinski definition) is 3. The summed E-state index contributed by atoms with van der Waals surface area (Å²) < 4.78 is 1.62. The van der Waals surface area contributed by atoms with E-state index in [0.29, 0.717) is 11.4 Å². The number of aryl methyl sites for hydroxylation is 1. The standard InChI is InChI=1S/C10H11N5/c1-7-8(10(11)12)6-15(14-7)9-4-2-3-5-13-9/h2-6H,1H3,(H3,11,12). The Morgan fingerprint density at radius 2 is 2.27 bits per heavy atom. The van der Waals surface area contributed by atoms with Crippen molar-refractivity contribution < 1.29 is 0 Å². The quantitative estimate of drug-likeness (QED) is 0.558. The Bertz CT molecular complexity index is 486. The highest BCUT2D eigenvalue weighted by atomic mass is 15.3. The topological polar surface area (TPSA) is 80.6 Å². The van der Waals surface area contributed by atoms with Gasteiger partial charge in [-0.05, 0) is 19.1 Å². The number of aromatic nitrogens is 3. The maximum Gasteiger partial charge on any atom is 0.153 e. The molecule has 0 atom stereocenters. The molecular weight excluding hydrogens is 190 g/mol. The molecule has 0 aliphatic heterocycles. The van der Waals surface area contributed by atoms with Crippen molar-refractivity contribution in [2.24, 2.45) is 5.73 Å². The van der Waals surface area contributed by atoms with Crippen LogP contribution in [0.5, 0.6) is 0 Å². The number of pyridine rings is 1. The number of rotatable bonds is 2. The molecule has 0 saturated heterocycles. The lowest BCUT2D eigenvalue weighted by atomic mass is 10.2. The average molecular weight is 201 g/mol. The summed E-state index contributed by atoms with van der Waals surface area (Å²) in [6.07, 6.45) is 3.40. The highest BCUT2D eigenvalue weighted by molar-refractivity contribution is 5.95. The van der Waals surface area contributed by atoms with Gasteiger partial charge in [0, 0.05) is 12.4 Å². The van der Waals surface area contributed by atoms with Crippen molar-refractivity contribution in [1.29, 1.82) is 5.41 Å². The van der Waals surface area contributed by atoms with E-state index < -0.39 is 0 Å². The highest BCUT2D eigenvalue weighted by Crippen LogP contribution is 2.08. The fourth-order valence-corrected chi connectivity index (χ4v) is 1.33. The van der Waals surface area contributed by atoms with Gasteiger partial charge in [0.05, 0.1) is 11.3 Å². The molecule has 2 aromatic rings. The van der Waals surface area contributed by atoms with E-state index >= 15 is 0 Å². The predicted molar refractivity (Wildman–Crippen MR) is 57.1 cm³/mol. The molecule has 0 fully saturated rings. The molecule has 0 aliphatic carbocycles. The Labute approximate surface area is 87.1 Å². The molecule has 0 spiro atoms. The van der Waals surface area contributed by atoms with Crippen molar-refractivity contribution in [3.8, 4) is 5.82 Å². The zero-order valence-corrected chi connectivity index (χ0v) is 8.31. The number of nitrogens with zero attached hydrogens (tertiary/aromatic N) is 3. The number of nitrogen functional groups attached to an aromatic ring is 1. The molecule has 0 amide bonds. The van der Waals surface area contributed by atoms with E-state index in [1.807, 2.05) is 25.1 Å². The first-order valence-corrected chi connectivity index (χ1v) is 4.50. The van der Waals surface area contributed by atoms with Gasteiger partial charge in [-0.2, -0.15) is 5.10 Å². The summed E-state index contributed by atoms with van der Waals surface area (Å²) in [4.78, 5) is 4.15. The second kappa shape index (κ2) is 3.53. The van der Waals surface area contributed by atoms with E-state index in [4.69, 9.17) is 11.1 Å². The van der Waals surface area contributed by atoms with E-state index in [1.54, 1.807) is 17.1 Å². The van der Waals surface area contributed by atoms with Crippen LogP contribution >= 0.6 is 0 Å². The minimum Gasteiger partial charge on any atom is -0.384 e. The molecule has 0 aromatic carbocycles. The normalized spacial score (nSPS) is 10.2. The molecule has 76 valence electrons. The minimum atomic E-state index is 0.0229. The van der Waals surface area contributed by atoms with Gasteiger partial charge in [-0.25, -0.2) is 9.67 Å². The van der Waals surface area contributed by atoms with Gasteiger partial charge < -0.3 is 5.73 Å². The third kappa shape index (κ3) is 1.71. The van der Waals surface area contributed by atoms with Gasteiger partial charge in [-0.3, -0.25) is 5.41 Å². The molecule has 15 heavy (non-hydrogen) atoms. The highest BCUT2D eigenvalue weighted by Gasteiger charge is 2.08. The molecule has 0 aliphatic rings. The molecule has 0 bridgehead atoms. The molecule has 0 saturated carbocycles. The van der Waals surface area contributed by atoms with Gasteiger partial charge in [0.15, 0.2) is 5.82 Å². The Morgan fingerprint density at radius 3 is 2.80 bits per heavy atom. The second-order valence-electron chi connectivity index (χ2n) is 3.17. The molecule has 2 aromatic heterocycles. The van der Waals surface area contributed by atoms with Gasteiger partial charge in [-0.15, -0.1) is 0 Å². The molecule has 3 N–H and O–H groups in total. The van der Waals surface area contributed by atoms with Crippen LogP contribution in [-0.2, 0) is 0 Å². The smallest absolute Gasteiger partial charge is 0.153 e. The van der Waals surface area contributed by atoms with Crippen LogP contribution in [0, 0.1) is 12.3 Å². The lowest BCUT2D eigenvalue weighted by molar-refractivity contribution is 0.832. The fraction of sp³-hybridized carbons (Fsp3) is 0.100. The third-order valence-corrected chi connectivity index (χ3v) is 2.07. The molecule has 5 nitrogen and oxygen atoms in total. The fourth-order valence-electron chi connectivity index (χ4n) is 1.33. The van der Waals surface area contributed by atoms with Crippen molar-refractivity contribution in [3.63, 3.8) is 0 Å². The summed E-state index contributed by atoms with van der Waals surface area (Å²) in [5.41, 5.74) is 6.78. The number of hydrogen-bond donors (Lipinski definition) is 2. The monoisotopic (exact) mass is 201 g/mol. The van der Waals surface area contributed by atoms with Gasteiger partial charge in [0.1, 0.15) is 5.84 Å². The van der Waals surface area contributed by atoms with Crippen LogP contribution in [0.4, 0.5) is 0 Å². The van der Waals surface area contributed by atoms with E-state index in [0.717, 1.165) is 5.69 Å². The van der Waals surface area contributed by atoms with Crippen molar-refractivity contribution in [2.45, 2.75) is 6.92 Å². The minimum absolute atomic E-state index is 0.0229. The Kier molecular flexibility index (Phi) is 2.21. The van der Waals surface area contributed by atoms with Crippen LogP contribution in [0.1, 0.15) is 11.3 Å². The Balaban J connectivity index is 2.48. The van der Waals surface area contributed by atoms with Crippen molar-refractivity contribution >= 4 is 5.84 Å². The molecular formula is C10H11N5.